The molecule has 2 aromatic carbocycles. The van der Waals surface area contributed by atoms with Crippen molar-refractivity contribution < 1.29 is 32.2 Å². The van der Waals surface area contributed by atoms with Gasteiger partial charge in [0.15, 0.2) is 0 Å². The molecule has 33 heavy (non-hydrogen) atoms. The van der Waals surface area contributed by atoms with Crippen LogP contribution in [-0.4, -0.2) is 41.2 Å². The molecule has 3 aromatic rings. The molecule has 0 bridgehead atoms. The van der Waals surface area contributed by atoms with Gasteiger partial charge in [-0.2, -0.15) is 0 Å². The van der Waals surface area contributed by atoms with Crippen molar-refractivity contribution in [2.75, 3.05) is 18.5 Å². The molecular formula is C23H18F3N3O4. The Balaban J connectivity index is 1.49. The minimum atomic E-state index is -4.81. The number of ether oxygens (including phenoxy) is 2. The molecule has 0 spiro atoms. The number of anilines is 1. The van der Waals surface area contributed by atoms with E-state index in [2.05, 4.69) is 15.0 Å². The topological polar surface area (TPSA) is 80.8 Å². The number of carbonyl (C=O) groups is 2. The predicted molar refractivity (Wildman–Crippen MR) is 112 cm³/mol. The zero-order valence-electron chi connectivity index (χ0n) is 17.1. The lowest BCUT2D eigenvalue weighted by Crippen LogP contribution is -2.32. The molecule has 1 N–H and O–H groups in total. The smallest absolute Gasteiger partial charge is 0.491 e. The maximum Gasteiger partial charge on any atom is 0.573 e. The molecule has 2 heterocycles. The number of aromatic nitrogens is 1. The summed E-state index contributed by atoms with van der Waals surface area (Å²) < 4.78 is 46.4. The lowest BCUT2D eigenvalue weighted by Gasteiger charge is -2.19. The highest BCUT2D eigenvalue weighted by Gasteiger charge is 2.31. The van der Waals surface area contributed by atoms with Gasteiger partial charge in [-0.1, -0.05) is 6.07 Å². The summed E-state index contributed by atoms with van der Waals surface area (Å²) in [5, 5.41) is 2.64. The van der Waals surface area contributed by atoms with Crippen LogP contribution < -0.4 is 14.8 Å². The minimum absolute atomic E-state index is 0.124. The van der Waals surface area contributed by atoms with Gasteiger partial charge in [0.25, 0.3) is 11.8 Å². The summed E-state index contributed by atoms with van der Waals surface area (Å²) in [6.07, 6.45) is -3.16. The zero-order chi connectivity index (χ0) is 23.4. The highest BCUT2D eigenvalue weighted by atomic mass is 19.4. The second-order valence-electron chi connectivity index (χ2n) is 7.13. The molecule has 2 amide bonds. The van der Waals surface area contributed by atoms with Crippen molar-refractivity contribution in [2.45, 2.75) is 12.9 Å². The number of halogens is 3. The summed E-state index contributed by atoms with van der Waals surface area (Å²) in [5.41, 5.74) is 1.48. The molecule has 1 aromatic heterocycles. The van der Waals surface area contributed by atoms with Crippen LogP contribution >= 0.6 is 0 Å². The van der Waals surface area contributed by atoms with Gasteiger partial charge in [0, 0.05) is 17.4 Å². The van der Waals surface area contributed by atoms with E-state index in [1.165, 1.54) is 18.2 Å². The van der Waals surface area contributed by atoms with Gasteiger partial charge in [-0.3, -0.25) is 14.6 Å². The number of amides is 2. The second-order valence-corrected chi connectivity index (χ2v) is 7.13. The van der Waals surface area contributed by atoms with E-state index >= 15 is 0 Å². The number of alkyl halides is 3. The van der Waals surface area contributed by atoms with E-state index in [4.69, 9.17) is 4.74 Å². The summed E-state index contributed by atoms with van der Waals surface area (Å²) in [6.45, 7) is 0.993. The maximum atomic E-state index is 13.1. The van der Waals surface area contributed by atoms with E-state index < -0.39 is 18.0 Å². The minimum Gasteiger partial charge on any atom is -0.491 e. The SMILES string of the molecule is O=C(Nc1ccc2c(c1)C(=O)N(Cc1ccccn1)CCO2)c1ccc(OC(F)(F)F)cc1. The molecule has 0 aliphatic carbocycles. The van der Waals surface area contributed by atoms with E-state index in [-0.39, 0.29) is 17.0 Å². The summed E-state index contributed by atoms with van der Waals surface area (Å²) in [7, 11) is 0. The standard InChI is InChI=1S/C23H18F3N3O4/c24-23(25,26)33-18-7-4-15(5-8-18)21(30)28-16-6-9-20-19(13-16)22(31)29(11-12-32-20)14-17-3-1-2-10-27-17/h1-10,13H,11-12,14H2,(H,28,30). The molecule has 10 heteroatoms. The molecule has 0 saturated heterocycles. The Labute approximate surface area is 186 Å². The van der Waals surface area contributed by atoms with Crippen molar-refractivity contribution >= 4 is 17.5 Å². The number of pyridine rings is 1. The fourth-order valence-corrected chi connectivity index (χ4v) is 3.29. The molecule has 0 radical (unpaired) electrons. The van der Waals surface area contributed by atoms with Gasteiger partial charge < -0.3 is 19.7 Å². The van der Waals surface area contributed by atoms with E-state index in [0.29, 0.717) is 31.1 Å². The van der Waals surface area contributed by atoms with Crippen LogP contribution in [0.2, 0.25) is 0 Å². The number of hydrogen-bond donors (Lipinski definition) is 1. The third-order valence-electron chi connectivity index (χ3n) is 4.80. The Bertz CT molecular complexity index is 1150. The number of carbonyl (C=O) groups excluding carboxylic acids is 2. The zero-order valence-corrected chi connectivity index (χ0v) is 17.1. The molecule has 1 aliphatic rings. The predicted octanol–water partition coefficient (Wildman–Crippen LogP) is 4.27. The Morgan fingerprint density at radius 1 is 1.12 bits per heavy atom. The highest BCUT2D eigenvalue weighted by molar-refractivity contribution is 6.05. The third-order valence-corrected chi connectivity index (χ3v) is 4.80. The molecule has 170 valence electrons. The van der Waals surface area contributed by atoms with Crippen molar-refractivity contribution in [3.63, 3.8) is 0 Å². The van der Waals surface area contributed by atoms with Gasteiger partial charge in [-0.25, -0.2) is 0 Å². The Morgan fingerprint density at radius 3 is 2.61 bits per heavy atom. The lowest BCUT2D eigenvalue weighted by molar-refractivity contribution is -0.274. The molecule has 1 aliphatic heterocycles. The summed E-state index contributed by atoms with van der Waals surface area (Å²) in [6, 6.07) is 14.6. The van der Waals surface area contributed by atoms with Crippen LogP contribution in [0.4, 0.5) is 18.9 Å². The van der Waals surface area contributed by atoms with Crippen LogP contribution in [0.25, 0.3) is 0 Å². The summed E-state index contributed by atoms with van der Waals surface area (Å²) >= 11 is 0. The first-order valence-corrected chi connectivity index (χ1v) is 9.92. The quantitative estimate of drug-likeness (QED) is 0.619. The molecule has 4 rings (SSSR count). The first-order valence-electron chi connectivity index (χ1n) is 9.92. The third kappa shape index (κ3) is 5.59. The van der Waals surface area contributed by atoms with Crippen LogP contribution in [0, 0.1) is 0 Å². The number of benzene rings is 2. The number of rotatable bonds is 5. The van der Waals surface area contributed by atoms with Crippen molar-refractivity contribution in [3.05, 3.63) is 83.7 Å². The number of hydrogen-bond acceptors (Lipinski definition) is 5. The van der Waals surface area contributed by atoms with Crippen molar-refractivity contribution in [1.82, 2.24) is 9.88 Å². The van der Waals surface area contributed by atoms with Crippen molar-refractivity contribution in [1.29, 1.82) is 0 Å². The first kappa shape index (κ1) is 22.1. The number of nitrogens with one attached hydrogen (secondary N) is 1. The molecule has 0 saturated carbocycles. The number of nitrogens with zero attached hydrogens (tertiary/aromatic N) is 2. The fourth-order valence-electron chi connectivity index (χ4n) is 3.29. The summed E-state index contributed by atoms with van der Waals surface area (Å²) in [4.78, 5) is 31.5. The maximum absolute atomic E-state index is 13.1. The Hall–Kier alpha value is -4.08. The molecule has 0 atom stereocenters. The molecule has 0 unspecified atom stereocenters. The average Bonchev–Trinajstić information content (AvgIpc) is 2.93. The van der Waals surface area contributed by atoms with E-state index in [1.54, 1.807) is 29.3 Å². The van der Waals surface area contributed by atoms with Crippen LogP contribution in [0.15, 0.2) is 66.9 Å². The normalized spacial score (nSPS) is 13.5. The molecule has 0 fully saturated rings. The monoisotopic (exact) mass is 457 g/mol. The van der Waals surface area contributed by atoms with Crippen LogP contribution in [0.1, 0.15) is 26.4 Å². The van der Waals surface area contributed by atoms with Crippen molar-refractivity contribution in [3.8, 4) is 11.5 Å². The highest BCUT2D eigenvalue weighted by Crippen LogP contribution is 2.28. The molecule has 7 nitrogen and oxygen atoms in total. The van der Waals surface area contributed by atoms with Gasteiger partial charge in [0.1, 0.15) is 18.1 Å². The summed E-state index contributed by atoms with van der Waals surface area (Å²) in [5.74, 6) is -0.853. The van der Waals surface area contributed by atoms with Gasteiger partial charge in [-0.05, 0) is 54.6 Å². The van der Waals surface area contributed by atoms with Crippen LogP contribution in [0.5, 0.6) is 11.5 Å². The Kier molecular flexibility index (Phi) is 6.16. The van der Waals surface area contributed by atoms with E-state index in [0.717, 1.165) is 17.8 Å². The van der Waals surface area contributed by atoms with E-state index in [9.17, 15) is 22.8 Å². The van der Waals surface area contributed by atoms with Gasteiger partial charge >= 0.3 is 6.36 Å². The van der Waals surface area contributed by atoms with E-state index in [1.807, 2.05) is 12.1 Å². The van der Waals surface area contributed by atoms with Crippen LogP contribution in [-0.2, 0) is 6.54 Å². The first-order chi connectivity index (χ1) is 15.8. The van der Waals surface area contributed by atoms with Gasteiger partial charge in [-0.15, -0.1) is 13.2 Å². The Morgan fingerprint density at radius 2 is 1.91 bits per heavy atom. The molecular weight excluding hydrogens is 439 g/mol. The van der Waals surface area contributed by atoms with Crippen LogP contribution in [0.3, 0.4) is 0 Å². The number of fused-ring (bicyclic) bond motifs is 1. The van der Waals surface area contributed by atoms with Crippen molar-refractivity contribution in [2.24, 2.45) is 0 Å². The van der Waals surface area contributed by atoms with Gasteiger partial charge in [0.2, 0.25) is 0 Å². The lowest BCUT2D eigenvalue weighted by atomic mass is 10.1. The largest absolute Gasteiger partial charge is 0.573 e. The fraction of sp³-hybridized carbons (Fsp3) is 0.174. The average molecular weight is 457 g/mol. The second kappa shape index (κ2) is 9.19. The van der Waals surface area contributed by atoms with Gasteiger partial charge in [0.05, 0.1) is 24.3 Å².